The number of hydrogen-bond donors (Lipinski definition) is 25. The molecule has 46 heteroatoms. The van der Waals surface area contributed by atoms with Crippen LogP contribution in [0, 0.1) is 11.8 Å². The number of carboxylic acid groups (broad SMARTS) is 7. The number of carbonyl (C=O) groups is 21. The lowest BCUT2D eigenvalue weighted by molar-refractivity contribution is -0.148. The Morgan fingerprint density at radius 1 is 0.333 bits per heavy atom. The number of nitrogens with two attached hydrogens (primary N) is 3. The average molecular weight is 1790 g/mol. The van der Waals surface area contributed by atoms with E-state index in [1.807, 2.05) is 5.32 Å². The molecular formula is C80H112N16O29S. The number of amides is 14. The van der Waals surface area contributed by atoms with Gasteiger partial charge in [-0.15, -0.1) is 0 Å². The lowest BCUT2D eigenvalue weighted by atomic mass is 9.96. The molecule has 15 atom stereocenters. The van der Waals surface area contributed by atoms with Gasteiger partial charge in [0.25, 0.3) is 0 Å². The molecule has 0 spiro atoms. The SMILES string of the molecule is CC[C@H](C)[C@H](NC(=O)[C@H](Cc1ccc(O)cc1)NC(=O)[C@@H](N)Cc1ccccc1)C(=O)N[C@@H](CS)C(=O)N[C@@H](CCC(=O)O)C(=O)N[C@H](C(=O)N[C@@H](CCC(=O)O)C(=O)N[C@@H](Cc1ccccc1)C(=O)N[C@@H](CCC(N)=O)C(=O)N[C@@H](CCCCN)C(=O)N[C@@H](CCC(=O)O)C(=O)N[C@@H](CCC(=O)O)C(=O)N[C@@H](CC(=O)O)C(=O)N[C@@H](CC(=O)O)C(=O)O)C(C)C. The van der Waals surface area contributed by atoms with Crippen molar-refractivity contribution in [2.75, 3.05) is 12.3 Å². The van der Waals surface area contributed by atoms with Crippen LogP contribution in [0.1, 0.15) is 147 Å². The number of thiol groups is 1. The fourth-order valence-corrected chi connectivity index (χ4v) is 12.5. The second kappa shape index (κ2) is 55.0. The van der Waals surface area contributed by atoms with Gasteiger partial charge in [-0.1, -0.05) is 107 Å². The second-order valence-corrected chi connectivity index (χ2v) is 30.2. The molecule has 14 amide bonds. The summed E-state index contributed by atoms with van der Waals surface area (Å²) in [6.45, 7) is 6.12. The van der Waals surface area contributed by atoms with Gasteiger partial charge in [0, 0.05) is 50.7 Å². The van der Waals surface area contributed by atoms with Crippen LogP contribution in [0.25, 0.3) is 0 Å². The van der Waals surface area contributed by atoms with Crippen molar-refractivity contribution in [3.05, 3.63) is 102 Å². The summed E-state index contributed by atoms with van der Waals surface area (Å²) in [5, 5.41) is 107. The Morgan fingerprint density at radius 2 is 0.635 bits per heavy atom. The first-order valence-electron chi connectivity index (χ1n) is 40.1. The van der Waals surface area contributed by atoms with Gasteiger partial charge in [0.1, 0.15) is 84.3 Å². The van der Waals surface area contributed by atoms with Crippen LogP contribution in [0.4, 0.5) is 0 Å². The lowest BCUT2D eigenvalue weighted by Gasteiger charge is -2.30. The van der Waals surface area contributed by atoms with Crippen molar-refractivity contribution in [3.8, 4) is 5.75 Å². The molecule has 3 aromatic carbocycles. The minimum Gasteiger partial charge on any atom is -0.508 e. The van der Waals surface area contributed by atoms with Crippen molar-refractivity contribution in [2.24, 2.45) is 29.0 Å². The Hall–Kier alpha value is -13.4. The highest BCUT2D eigenvalue weighted by molar-refractivity contribution is 7.80. The van der Waals surface area contributed by atoms with Gasteiger partial charge in [-0.3, -0.25) is 95.9 Å². The van der Waals surface area contributed by atoms with Crippen LogP contribution in [0.5, 0.6) is 5.75 Å². The predicted molar refractivity (Wildman–Crippen MR) is 444 cm³/mol. The minimum atomic E-state index is -2.23. The molecule has 692 valence electrons. The summed E-state index contributed by atoms with van der Waals surface area (Å²) < 4.78 is 0. The number of carbonyl (C=O) groups excluding carboxylic acids is 14. The molecule has 0 aromatic heterocycles. The Bertz CT molecular complexity index is 4300. The van der Waals surface area contributed by atoms with Gasteiger partial charge >= 0.3 is 41.8 Å². The highest BCUT2D eigenvalue weighted by Crippen LogP contribution is 2.18. The number of benzene rings is 3. The molecule has 45 nitrogen and oxygen atoms in total. The molecule has 3 rings (SSSR count). The molecule has 0 fully saturated rings. The van der Waals surface area contributed by atoms with Crippen LogP contribution in [-0.4, -0.2) is 262 Å². The minimum absolute atomic E-state index is 0.00357. The van der Waals surface area contributed by atoms with Crippen molar-refractivity contribution in [3.63, 3.8) is 0 Å². The van der Waals surface area contributed by atoms with Crippen molar-refractivity contribution in [1.82, 2.24) is 69.1 Å². The van der Waals surface area contributed by atoms with Gasteiger partial charge in [-0.05, 0) is 105 Å². The maximum absolute atomic E-state index is 14.8. The molecular weight excluding hydrogens is 1680 g/mol. The number of phenolic OH excluding ortho intramolecular Hbond substituents is 1. The molecule has 0 bridgehead atoms. The summed E-state index contributed by atoms with van der Waals surface area (Å²) in [7, 11) is 0. The van der Waals surface area contributed by atoms with Crippen LogP contribution < -0.4 is 86.3 Å². The van der Waals surface area contributed by atoms with E-state index >= 15 is 0 Å². The van der Waals surface area contributed by atoms with E-state index in [9.17, 15) is 136 Å². The Morgan fingerprint density at radius 3 is 1.02 bits per heavy atom. The fourth-order valence-electron chi connectivity index (χ4n) is 12.2. The molecule has 0 aliphatic heterocycles. The number of carboxylic acids is 7. The number of nitrogens with one attached hydrogen (secondary N) is 13. The standard InChI is InChI=1S/C80H112N16O29S/c1-5-41(4)66(96-76(120)54(36-44-19-21-45(97)22-20-44)90-67(111)46(82)34-42-14-8-6-9-15-42)79(123)94-57(39-126)77(121)88-52(27-32-62(105)106)73(117)95-65(40(2)3)78(122)89-51(26-31-61(103)104)72(116)91-53(35-43-16-10-7-11-17-43)74(118)87-48(23-28-58(83)98)69(113)84-47(18-12-13-33-81)68(112)85-49(24-29-59(99)100)70(114)86-50(25-30-60(101)102)71(115)92-55(37-63(107)108)75(119)93-56(80(124)125)38-64(109)110/h6-11,14-17,19-22,40-41,46-57,65-66,97,126H,5,12-13,18,23-39,81-82H2,1-4H3,(H2,83,98)(H,84,113)(H,85,112)(H,86,114)(H,87,118)(H,88,121)(H,89,122)(H,90,111)(H,91,116)(H,92,115)(H,93,119)(H,94,123)(H,95,117)(H,96,120)(H,99,100)(H,101,102)(H,103,104)(H,105,106)(H,107,108)(H,109,110)(H,124,125)/t41-,46-,47-,48-,49-,50-,51-,52-,53-,54-,55-,56-,57-,65-,66-/m0/s1. The molecule has 0 saturated carbocycles. The van der Waals surface area contributed by atoms with Gasteiger partial charge < -0.3 is 127 Å². The predicted octanol–water partition coefficient (Wildman–Crippen LogP) is -4.43. The van der Waals surface area contributed by atoms with Crippen molar-refractivity contribution in [2.45, 2.75) is 234 Å². The number of phenols is 1. The number of hydrogen-bond acceptors (Lipinski definition) is 25. The third-order valence-corrected chi connectivity index (χ3v) is 19.8. The first kappa shape index (κ1) is 107. The zero-order valence-electron chi connectivity index (χ0n) is 69.5. The molecule has 126 heavy (non-hydrogen) atoms. The van der Waals surface area contributed by atoms with Crippen molar-refractivity contribution >= 4 is 137 Å². The van der Waals surface area contributed by atoms with Crippen LogP contribution >= 0.6 is 12.6 Å². The number of rotatable bonds is 60. The van der Waals surface area contributed by atoms with Crippen LogP contribution in [0.2, 0.25) is 0 Å². The second-order valence-electron chi connectivity index (χ2n) is 29.9. The van der Waals surface area contributed by atoms with E-state index in [1.165, 1.54) is 62.4 Å². The molecule has 0 heterocycles. The molecule has 0 aliphatic rings. The summed E-state index contributed by atoms with van der Waals surface area (Å²) in [5.74, 6) is -30.4. The third kappa shape index (κ3) is 39.8. The van der Waals surface area contributed by atoms with E-state index in [1.54, 1.807) is 55.6 Å². The Labute approximate surface area is 727 Å². The molecule has 3 aromatic rings. The smallest absolute Gasteiger partial charge is 0.326 e. The largest absolute Gasteiger partial charge is 0.508 e. The summed E-state index contributed by atoms with van der Waals surface area (Å²) in [4.78, 5) is 281. The van der Waals surface area contributed by atoms with E-state index in [2.05, 4.69) is 71.1 Å². The normalized spacial score (nSPS) is 14.6. The van der Waals surface area contributed by atoms with Crippen LogP contribution in [0.15, 0.2) is 84.9 Å². The van der Waals surface area contributed by atoms with Crippen LogP contribution in [-0.2, 0) is 120 Å². The van der Waals surface area contributed by atoms with Crippen molar-refractivity contribution < 1.29 is 142 Å². The van der Waals surface area contributed by atoms with E-state index in [4.69, 9.17) is 22.3 Å². The van der Waals surface area contributed by atoms with Gasteiger partial charge in [0.05, 0.1) is 18.9 Å². The maximum Gasteiger partial charge on any atom is 0.326 e. The third-order valence-electron chi connectivity index (χ3n) is 19.4. The number of unbranched alkanes of at least 4 members (excludes halogenated alkanes) is 1. The molecule has 0 radical (unpaired) electrons. The molecule has 0 saturated heterocycles. The zero-order chi connectivity index (χ0) is 94.6. The average Bonchev–Trinajstić information content (AvgIpc) is 0.845. The lowest BCUT2D eigenvalue weighted by Crippen LogP contribution is -2.62. The monoisotopic (exact) mass is 1790 g/mol. The molecule has 27 N–H and O–H groups in total. The Kier molecular flexibility index (Phi) is 46.6. The summed E-state index contributed by atoms with van der Waals surface area (Å²) in [6.07, 6.45) is -10.9. The van der Waals surface area contributed by atoms with Gasteiger partial charge in [-0.2, -0.15) is 12.6 Å². The Balaban J connectivity index is 2.00. The topological polar surface area (TPSA) is 755 Å². The van der Waals surface area contributed by atoms with E-state index < -0.39 is 310 Å². The van der Waals surface area contributed by atoms with Gasteiger partial charge in [0.2, 0.25) is 82.7 Å². The maximum atomic E-state index is 14.8. The first-order chi connectivity index (χ1) is 59.4. The van der Waals surface area contributed by atoms with Crippen LogP contribution in [0.3, 0.4) is 0 Å². The highest BCUT2D eigenvalue weighted by Gasteiger charge is 2.40. The summed E-state index contributed by atoms with van der Waals surface area (Å²) in [6, 6.07) is -2.93. The van der Waals surface area contributed by atoms with Gasteiger partial charge in [-0.25, -0.2) is 4.79 Å². The zero-order valence-corrected chi connectivity index (χ0v) is 70.4. The summed E-state index contributed by atoms with van der Waals surface area (Å²) >= 11 is 4.27. The molecule has 0 unspecified atom stereocenters. The number of aliphatic carboxylic acids is 7. The van der Waals surface area contributed by atoms with Crippen molar-refractivity contribution in [1.29, 1.82) is 0 Å². The fraction of sp³-hybridized carbons (Fsp3) is 0.512. The van der Waals surface area contributed by atoms with E-state index in [0.717, 1.165) is 5.56 Å². The molecule has 0 aliphatic carbocycles. The van der Waals surface area contributed by atoms with Gasteiger partial charge in [0.15, 0.2) is 0 Å². The number of aromatic hydroxyl groups is 1. The quantitative estimate of drug-likeness (QED) is 0.0187. The first-order valence-corrected chi connectivity index (χ1v) is 40.7. The van der Waals surface area contributed by atoms with E-state index in [-0.39, 0.29) is 50.8 Å². The highest BCUT2D eigenvalue weighted by atomic mass is 32.1. The number of primary amides is 1. The van der Waals surface area contributed by atoms with E-state index in [0.29, 0.717) is 11.1 Å². The summed E-state index contributed by atoms with van der Waals surface area (Å²) in [5.41, 5.74) is 19.1.